The molecule has 0 spiro atoms. The molecule has 0 saturated carbocycles. The number of hydrogen-bond acceptors (Lipinski definition) is 2. The molecular formula is C15H22O2. The van der Waals surface area contributed by atoms with Crippen molar-refractivity contribution in [2.75, 3.05) is 13.2 Å². The number of aryl methyl sites for hydroxylation is 2. The molecule has 94 valence electrons. The van der Waals surface area contributed by atoms with Crippen LogP contribution in [0.3, 0.4) is 0 Å². The van der Waals surface area contributed by atoms with Crippen LogP contribution in [0.1, 0.15) is 42.1 Å². The fraction of sp³-hybridized carbons (Fsp3) is 0.600. The lowest BCUT2D eigenvalue weighted by atomic mass is 9.89. The summed E-state index contributed by atoms with van der Waals surface area (Å²) in [5.74, 6) is 0.610. The molecule has 1 aliphatic heterocycles. The van der Waals surface area contributed by atoms with E-state index in [4.69, 9.17) is 4.74 Å². The minimum absolute atomic E-state index is 0.321. The van der Waals surface area contributed by atoms with Gasteiger partial charge in [-0.2, -0.15) is 0 Å². The van der Waals surface area contributed by atoms with Gasteiger partial charge in [0.15, 0.2) is 0 Å². The molecule has 2 nitrogen and oxygen atoms in total. The monoisotopic (exact) mass is 234 g/mol. The Labute approximate surface area is 104 Å². The Morgan fingerprint density at radius 3 is 2.71 bits per heavy atom. The van der Waals surface area contributed by atoms with Crippen LogP contribution in [0, 0.1) is 19.8 Å². The first-order chi connectivity index (χ1) is 8.16. The second-order valence-corrected chi connectivity index (χ2v) is 5.17. The summed E-state index contributed by atoms with van der Waals surface area (Å²) in [4.78, 5) is 0. The Bertz CT molecular complexity index is 367. The Kier molecular flexibility index (Phi) is 4.19. The van der Waals surface area contributed by atoms with E-state index in [2.05, 4.69) is 32.0 Å². The molecule has 0 bridgehead atoms. The van der Waals surface area contributed by atoms with E-state index < -0.39 is 0 Å². The number of aliphatic hydroxyl groups excluding tert-OH is 1. The Hall–Kier alpha value is -0.860. The molecule has 2 heteroatoms. The van der Waals surface area contributed by atoms with Gasteiger partial charge < -0.3 is 9.84 Å². The van der Waals surface area contributed by atoms with Gasteiger partial charge in [0.2, 0.25) is 0 Å². The summed E-state index contributed by atoms with van der Waals surface area (Å²) in [6.45, 7) is 5.85. The minimum Gasteiger partial charge on any atom is -0.388 e. The van der Waals surface area contributed by atoms with Gasteiger partial charge in [0.1, 0.15) is 0 Å². The highest BCUT2D eigenvalue weighted by Crippen LogP contribution is 2.29. The number of aliphatic hydroxyl groups is 1. The molecule has 1 saturated heterocycles. The van der Waals surface area contributed by atoms with Crippen LogP contribution in [0.4, 0.5) is 0 Å². The maximum atomic E-state index is 10.3. The first-order valence-corrected chi connectivity index (χ1v) is 6.50. The highest BCUT2D eigenvalue weighted by Gasteiger charge is 2.19. The molecule has 2 rings (SSSR count). The minimum atomic E-state index is -0.321. The molecule has 1 atom stereocenters. The van der Waals surface area contributed by atoms with E-state index in [9.17, 15) is 5.11 Å². The van der Waals surface area contributed by atoms with Gasteiger partial charge in [-0.15, -0.1) is 0 Å². The first-order valence-electron chi connectivity index (χ1n) is 6.50. The zero-order valence-corrected chi connectivity index (χ0v) is 10.8. The first kappa shape index (κ1) is 12.6. The fourth-order valence-electron chi connectivity index (χ4n) is 2.54. The second kappa shape index (κ2) is 5.65. The van der Waals surface area contributed by atoms with Crippen LogP contribution in [0.25, 0.3) is 0 Å². The lowest BCUT2D eigenvalue weighted by Gasteiger charge is -2.25. The quantitative estimate of drug-likeness (QED) is 0.870. The standard InChI is InChI=1S/C15H22O2/c1-11-3-4-12(2)14(9-11)15(16)10-13-5-7-17-8-6-13/h3-4,9,13,15-16H,5-8,10H2,1-2H3. The SMILES string of the molecule is Cc1ccc(C)c(C(O)CC2CCOCC2)c1. The maximum absolute atomic E-state index is 10.3. The predicted molar refractivity (Wildman–Crippen MR) is 69.0 cm³/mol. The van der Waals surface area contributed by atoms with Crippen LogP contribution in [0.5, 0.6) is 0 Å². The van der Waals surface area contributed by atoms with Crippen LogP contribution in [0.15, 0.2) is 18.2 Å². The van der Waals surface area contributed by atoms with E-state index in [1.54, 1.807) is 0 Å². The zero-order valence-electron chi connectivity index (χ0n) is 10.8. The van der Waals surface area contributed by atoms with Gasteiger partial charge in [-0.1, -0.05) is 23.8 Å². The van der Waals surface area contributed by atoms with E-state index in [0.29, 0.717) is 5.92 Å². The Balaban J connectivity index is 2.02. The lowest BCUT2D eigenvalue weighted by molar-refractivity contribution is 0.0434. The van der Waals surface area contributed by atoms with Gasteiger partial charge in [-0.25, -0.2) is 0 Å². The molecular weight excluding hydrogens is 212 g/mol. The maximum Gasteiger partial charge on any atom is 0.0795 e. The molecule has 1 N–H and O–H groups in total. The van der Waals surface area contributed by atoms with E-state index in [1.165, 1.54) is 11.1 Å². The summed E-state index contributed by atoms with van der Waals surface area (Å²) in [5, 5.41) is 10.3. The topological polar surface area (TPSA) is 29.5 Å². The Morgan fingerprint density at radius 2 is 2.00 bits per heavy atom. The van der Waals surface area contributed by atoms with Gasteiger partial charge in [-0.3, -0.25) is 0 Å². The van der Waals surface area contributed by atoms with Gasteiger partial charge in [0.05, 0.1) is 6.10 Å². The van der Waals surface area contributed by atoms with Crippen molar-refractivity contribution in [1.82, 2.24) is 0 Å². The van der Waals surface area contributed by atoms with Crippen molar-refractivity contribution >= 4 is 0 Å². The Morgan fingerprint density at radius 1 is 1.29 bits per heavy atom. The molecule has 1 fully saturated rings. The third-order valence-electron chi connectivity index (χ3n) is 3.69. The van der Waals surface area contributed by atoms with Crippen LogP contribution in [-0.2, 0) is 4.74 Å². The van der Waals surface area contributed by atoms with Gasteiger partial charge in [0, 0.05) is 13.2 Å². The number of benzene rings is 1. The van der Waals surface area contributed by atoms with Crippen LogP contribution in [-0.4, -0.2) is 18.3 Å². The summed E-state index contributed by atoms with van der Waals surface area (Å²) in [7, 11) is 0. The summed E-state index contributed by atoms with van der Waals surface area (Å²) < 4.78 is 5.35. The van der Waals surface area contributed by atoms with Crippen molar-refractivity contribution in [1.29, 1.82) is 0 Å². The molecule has 0 aromatic heterocycles. The molecule has 0 amide bonds. The van der Waals surface area contributed by atoms with E-state index in [0.717, 1.165) is 38.0 Å². The molecule has 1 aromatic rings. The smallest absolute Gasteiger partial charge is 0.0795 e. The third-order valence-corrected chi connectivity index (χ3v) is 3.69. The van der Waals surface area contributed by atoms with Crippen molar-refractivity contribution in [3.63, 3.8) is 0 Å². The van der Waals surface area contributed by atoms with Gasteiger partial charge in [-0.05, 0) is 50.2 Å². The van der Waals surface area contributed by atoms with E-state index in [-0.39, 0.29) is 6.10 Å². The van der Waals surface area contributed by atoms with Crippen LogP contribution < -0.4 is 0 Å². The van der Waals surface area contributed by atoms with Crippen LogP contribution in [0.2, 0.25) is 0 Å². The molecule has 1 aromatic carbocycles. The number of ether oxygens (including phenoxy) is 1. The van der Waals surface area contributed by atoms with Crippen molar-refractivity contribution < 1.29 is 9.84 Å². The molecule has 1 heterocycles. The molecule has 1 aliphatic rings. The second-order valence-electron chi connectivity index (χ2n) is 5.17. The van der Waals surface area contributed by atoms with Crippen LogP contribution >= 0.6 is 0 Å². The van der Waals surface area contributed by atoms with Crippen molar-refractivity contribution in [2.24, 2.45) is 5.92 Å². The zero-order chi connectivity index (χ0) is 12.3. The van der Waals surface area contributed by atoms with Gasteiger partial charge >= 0.3 is 0 Å². The molecule has 0 radical (unpaired) electrons. The molecule has 0 aliphatic carbocycles. The number of hydrogen-bond donors (Lipinski definition) is 1. The highest BCUT2D eigenvalue weighted by atomic mass is 16.5. The van der Waals surface area contributed by atoms with Crippen molar-refractivity contribution in [2.45, 2.75) is 39.2 Å². The average Bonchev–Trinajstić information content (AvgIpc) is 2.33. The third kappa shape index (κ3) is 3.30. The summed E-state index contributed by atoms with van der Waals surface area (Å²) in [6.07, 6.45) is 2.72. The van der Waals surface area contributed by atoms with E-state index in [1.807, 2.05) is 0 Å². The predicted octanol–water partition coefficient (Wildman–Crippen LogP) is 3.15. The molecule has 17 heavy (non-hydrogen) atoms. The number of rotatable bonds is 3. The summed E-state index contributed by atoms with van der Waals surface area (Å²) >= 11 is 0. The summed E-state index contributed by atoms with van der Waals surface area (Å²) in [6, 6.07) is 6.30. The van der Waals surface area contributed by atoms with E-state index >= 15 is 0 Å². The highest BCUT2D eigenvalue weighted by molar-refractivity contribution is 5.32. The van der Waals surface area contributed by atoms with Gasteiger partial charge in [0.25, 0.3) is 0 Å². The summed E-state index contributed by atoms with van der Waals surface area (Å²) in [5.41, 5.74) is 3.50. The largest absolute Gasteiger partial charge is 0.388 e. The lowest BCUT2D eigenvalue weighted by Crippen LogP contribution is -2.18. The van der Waals surface area contributed by atoms with Crippen molar-refractivity contribution in [3.8, 4) is 0 Å². The van der Waals surface area contributed by atoms with Crippen molar-refractivity contribution in [3.05, 3.63) is 34.9 Å². The average molecular weight is 234 g/mol. The molecule has 1 unspecified atom stereocenters. The fourth-order valence-corrected chi connectivity index (χ4v) is 2.54. The normalized spacial score (nSPS) is 19.2.